The third kappa shape index (κ3) is 2.88. The molecule has 0 aromatic carbocycles. The standard InChI is InChI=1S/C16H15N5O2S/c22-16(12-3-7-24-11-12)20-5-6-21-15(9-20)14(18-19-21)10-23-13-2-1-4-17-8-13/h1-4,7-8,11H,5-6,9-10H2. The van der Waals surface area contributed by atoms with Gasteiger partial charge in [-0.3, -0.25) is 9.78 Å². The average Bonchev–Trinajstić information content (AvgIpc) is 3.30. The summed E-state index contributed by atoms with van der Waals surface area (Å²) < 4.78 is 7.55. The molecule has 1 aliphatic heterocycles. The number of fused-ring (bicyclic) bond motifs is 1. The minimum atomic E-state index is 0.0443. The predicted octanol–water partition coefficient (Wildman–Crippen LogP) is 1.97. The molecule has 0 radical (unpaired) electrons. The highest BCUT2D eigenvalue weighted by atomic mass is 32.1. The molecule has 0 unspecified atom stereocenters. The van der Waals surface area contributed by atoms with Crippen LogP contribution in [0, 0.1) is 0 Å². The van der Waals surface area contributed by atoms with Crippen LogP contribution in [0.1, 0.15) is 21.7 Å². The van der Waals surface area contributed by atoms with Crippen LogP contribution in [-0.4, -0.2) is 37.3 Å². The van der Waals surface area contributed by atoms with Crippen molar-refractivity contribution < 1.29 is 9.53 Å². The molecule has 0 saturated heterocycles. The van der Waals surface area contributed by atoms with E-state index in [1.165, 1.54) is 11.3 Å². The van der Waals surface area contributed by atoms with Gasteiger partial charge in [0, 0.05) is 18.1 Å². The van der Waals surface area contributed by atoms with Crippen LogP contribution in [0.3, 0.4) is 0 Å². The highest BCUT2D eigenvalue weighted by Gasteiger charge is 2.26. The van der Waals surface area contributed by atoms with E-state index in [1.54, 1.807) is 12.4 Å². The zero-order valence-corrected chi connectivity index (χ0v) is 13.6. The first kappa shape index (κ1) is 14.8. The fourth-order valence-corrected chi connectivity index (χ4v) is 3.26. The molecule has 7 nitrogen and oxygen atoms in total. The third-order valence-electron chi connectivity index (χ3n) is 3.91. The summed E-state index contributed by atoms with van der Waals surface area (Å²) in [6.07, 6.45) is 3.35. The number of aromatic nitrogens is 4. The van der Waals surface area contributed by atoms with Crippen LogP contribution in [0.15, 0.2) is 41.4 Å². The van der Waals surface area contributed by atoms with E-state index >= 15 is 0 Å². The summed E-state index contributed by atoms with van der Waals surface area (Å²) in [4.78, 5) is 18.4. The van der Waals surface area contributed by atoms with Gasteiger partial charge >= 0.3 is 0 Å². The van der Waals surface area contributed by atoms with E-state index in [9.17, 15) is 4.79 Å². The molecule has 1 aliphatic rings. The molecular formula is C16H15N5O2S. The number of thiophene rings is 1. The van der Waals surface area contributed by atoms with E-state index in [2.05, 4.69) is 15.3 Å². The van der Waals surface area contributed by atoms with Gasteiger partial charge in [-0.25, -0.2) is 4.68 Å². The second-order valence-corrected chi connectivity index (χ2v) is 6.20. The largest absolute Gasteiger partial charge is 0.486 e. The normalized spacial score (nSPS) is 13.6. The van der Waals surface area contributed by atoms with Gasteiger partial charge in [0.15, 0.2) is 0 Å². The van der Waals surface area contributed by atoms with Crippen molar-refractivity contribution in [2.24, 2.45) is 0 Å². The van der Waals surface area contributed by atoms with Crippen LogP contribution < -0.4 is 4.74 Å². The molecule has 8 heteroatoms. The van der Waals surface area contributed by atoms with Crippen LogP contribution in [0.4, 0.5) is 0 Å². The van der Waals surface area contributed by atoms with Crippen LogP contribution in [-0.2, 0) is 19.7 Å². The fraction of sp³-hybridized carbons (Fsp3) is 0.250. The molecule has 0 atom stereocenters. The topological polar surface area (TPSA) is 73.1 Å². The van der Waals surface area contributed by atoms with Crippen molar-refractivity contribution in [1.29, 1.82) is 0 Å². The Morgan fingerprint density at radius 3 is 3.08 bits per heavy atom. The van der Waals surface area contributed by atoms with E-state index in [0.717, 1.165) is 17.0 Å². The van der Waals surface area contributed by atoms with Gasteiger partial charge in [-0.05, 0) is 23.6 Å². The fourth-order valence-electron chi connectivity index (χ4n) is 2.63. The van der Waals surface area contributed by atoms with Crippen molar-refractivity contribution in [3.8, 4) is 5.75 Å². The van der Waals surface area contributed by atoms with Crippen LogP contribution >= 0.6 is 11.3 Å². The van der Waals surface area contributed by atoms with E-state index in [0.29, 0.717) is 32.0 Å². The van der Waals surface area contributed by atoms with E-state index < -0.39 is 0 Å². The first-order valence-corrected chi connectivity index (χ1v) is 8.51. The van der Waals surface area contributed by atoms with Crippen molar-refractivity contribution in [2.45, 2.75) is 19.7 Å². The minimum Gasteiger partial charge on any atom is -0.486 e. The van der Waals surface area contributed by atoms with Crippen molar-refractivity contribution >= 4 is 17.2 Å². The number of carbonyl (C=O) groups excluding carboxylic acids is 1. The predicted molar refractivity (Wildman–Crippen MR) is 87.7 cm³/mol. The van der Waals surface area contributed by atoms with Crippen LogP contribution in [0.25, 0.3) is 0 Å². The van der Waals surface area contributed by atoms with Gasteiger partial charge in [0.1, 0.15) is 18.1 Å². The number of ether oxygens (including phenoxy) is 1. The molecule has 0 saturated carbocycles. The maximum absolute atomic E-state index is 12.5. The van der Waals surface area contributed by atoms with Gasteiger partial charge in [0.25, 0.3) is 5.91 Å². The Balaban J connectivity index is 1.48. The van der Waals surface area contributed by atoms with Crippen LogP contribution in [0.2, 0.25) is 0 Å². The van der Waals surface area contributed by atoms with Crippen LogP contribution in [0.5, 0.6) is 5.75 Å². The molecule has 0 spiro atoms. The number of nitrogens with zero attached hydrogens (tertiary/aromatic N) is 5. The number of amides is 1. The SMILES string of the molecule is O=C(c1ccsc1)N1CCn2nnc(COc3cccnc3)c2C1. The first-order chi connectivity index (χ1) is 11.8. The summed E-state index contributed by atoms with van der Waals surface area (Å²) in [6, 6.07) is 5.51. The summed E-state index contributed by atoms with van der Waals surface area (Å²) in [6.45, 7) is 2.08. The van der Waals surface area contributed by atoms with Gasteiger partial charge in [0.2, 0.25) is 0 Å². The molecule has 0 aliphatic carbocycles. The Morgan fingerprint density at radius 2 is 2.29 bits per heavy atom. The van der Waals surface area contributed by atoms with Crippen molar-refractivity contribution in [3.05, 3.63) is 58.3 Å². The molecular weight excluding hydrogens is 326 g/mol. The molecule has 3 aromatic rings. The maximum atomic E-state index is 12.5. The quantitative estimate of drug-likeness (QED) is 0.725. The number of hydrogen-bond donors (Lipinski definition) is 0. The molecule has 4 rings (SSSR count). The highest BCUT2D eigenvalue weighted by molar-refractivity contribution is 7.08. The summed E-state index contributed by atoms with van der Waals surface area (Å²) in [5.74, 6) is 0.726. The van der Waals surface area contributed by atoms with E-state index in [1.807, 2.05) is 38.5 Å². The Kier molecular flexibility index (Phi) is 3.96. The van der Waals surface area contributed by atoms with Crippen molar-refractivity contribution in [3.63, 3.8) is 0 Å². The summed E-state index contributed by atoms with van der Waals surface area (Å²) in [5.41, 5.74) is 2.41. The number of hydrogen-bond acceptors (Lipinski definition) is 6. The highest BCUT2D eigenvalue weighted by Crippen LogP contribution is 2.19. The lowest BCUT2D eigenvalue weighted by molar-refractivity contribution is 0.0705. The molecule has 4 heterocycles. The lowest BCUT2D eigenvalue weighted by atomic mass is 10.2. The molecule has 0 fully saturated rings. The van der Waals surface area contributed by atoms with Gasteiger partial charge in [-0.2, -0.15) is 11.3 Å². The number of carbonyl (C=O) groups is 1. The lowest BCUT2D eigenvalue weighted by Crippen LogP contribution is -2.38. The second kappa shape index (κ2) is 6.40. The van der Waals surface area contributed by atoms with E-state index in [-0.39, 0.29) is 5.91 Å². The smallest absolute Gasteiger partial charge is 0.255 e. The second-order valence-electron chi connectivity index (χ2n) is 5.42. The monoisotopic (exact) mass is 341 g/mol. The van der Waals surface area contributed by atoms with Gasteiger partial charge in [-0.1, -0.05) is 5.21 Å². The minimum absolute atomic E-state index is 0.0443. The third-order valence-corrected chi connectivity index (χ3v) is 4.59. The summed E-state index contributed by atoms with van der Waals surface area (Å²) >= 11 is 1.52. The van der Waals surface area contributed by atoms with Gasteiger partial charge < -0.3 is 9.64 Å². The summed E-state index contributed by atoms with van der Waals surface area (Å²) in [5, 5.41) is 12.1. The average molecular weight is 341 g/mol. The molecule has 122 valence electrons. The Labute approximate surface area is 142 Å². The maximum Gasteiger partial charge on any atom is 0.255 e. The number of pyridine rings is 1. The molecule has 3 aromatic heterocycles. The zero-order chi connectivity index (χ0) is 16.4. The lowest BCUT2D eigenvalue weighted by Gasteiger charge is -2.27. The molecule has 1 amide bonds. The molecule has 0 bridgehead atoms. The summed E-state index contributed by atoms with van der Waals surface area (Å²) in [7, 11) is 0. The van der Waals surface area contributed by atoms with Crippen molar-refractivity contribution in [2.75, 3.05) is 6.54 Å². The van der Waals surface area contributed by atoms with Gasteiger partial charge in [-0.15, -0.1) is 5.10 Å². The van der Waals surface area contributed by atoms with E-state index in [4.69, 9.17) is 4.74 Å². The Bertz CT molecular complexity index is 832. The molecule has 0 N–H and O–H groups in total. The van der Waals surface area contributed by atoms with Gasteiger partial charge in [0.05, 0.1) is 30.5 Å². The Morgan fingerprint density at radius 1 is 1.33 bits per heavy atom. The first-order valence-electron chi connectivity index (χ1n) is 7.57. The zero-order valence-electron chi connectivity index (χ0n) is 12.8. The number of rotatable bonds is 4. The molecule has 24 heavy (non-hydrogen) atoms. The van der Waals surface area contributed by atoms with Crippen molar-refractivity contribution in [1.82, 2.24) is 24.9 Å². The Hall–Kier alpha value is -2.74.